The van der Waals surface area contributed by atoms with Crippen LogP contribution in [-0.2, 0) is 13.0 Å². The highest BCUT2D eigenvalue weighted by molar-refractivity contribution is 5.61. The van der Waals surface area contributed by atoms with Crippen LogP contribution < -0.4 is 10.6 Å². The Morgan fingerprint density at radius 2 is 2.05 bits per heavy atom. The molecule has 1 aliphatic carbocycles. The summed E-state index contributed by atoms with van der Waals surface area (Å²) in [5.74, 6) is 1.86. The normalized spacial score (nSPS) is 25.9. The van der Waals surface area contributed by atoms with E-state index < -0.39 is 0 Å². The van der Waals surface area contributed by atoms with E-state index in [1.165, 1.54) is 55.5 Å². The van der Waals surface area contributed by atoms with Crippen molar-refractivity contribution >= 4 is 5.69 Å². The molecule has 2 nitrogen and oxygen atoms in total. The predicted molar refractivity (Wildman–Crippen MR) is 81.5 cm³/mol. The molecule has 1 heterocycles. The fraction of sp³-hybridized carbons (Fsp3) is 0.647. The molecule has 0 spiro atoms. The molecule has 3 rings (SSSR count). The van der Waals surface area contributed by atoms with Crippen LogP contribution in [0.15, 0.2) is 18.2 Å². The molecule has 0 aromatic heterocycles. The van der Waals surface area contributed by atoms with Crippen molar-refractivity contribution in [3.05, 3.63) is 29.3 Å². The van der Waals surface area contributed by atoms with Crippen LogP contribution in [0.1, 0.15) is 43.7 Å². The maximum atomic E-state index is 3.68. The van der Waals surface area contributed by atoms with Crippen molar-refractivity contribution in [3.8, 4) is 0 Å². The van der Waals surface area contributed by atoms with Gasteiger partial charge in [0.15, 0.2) is 0 Å². The molecule has 19 heavy (non-hydrogen) atoms. The quantitative estimate of drug-likeness (QED) is 0.862. The summed E-state index contributed by atoms with van der Waals surface area (Å²) in [5.41, 5.74) is 4.33. The van der Waals surface area contributed by atoms with Crippen molar-refractivity contribution in [2.24, 2.45) is 11.8 Å². The molecule has 0 unspecified atom stereocenters. The Morgan fingerprint density at radius 1 is 1.21 bits per heavy atom. The molecule has 2 N–H and O–H groups in total. The van der Waals surface area contributed by atoms with E-state index in [1.807, 2.05) is 0 Å². The number of anilines is 1. The van der Waals surface area contributed by atoms with Gasteiger partial charge < -0.3 is 10.6 Å². The first-order valence-electron chi connectivity index (χ1n) is 7.88. The maximum Gasteiger partial charge on any atom is 0.0419 e. The van der Waals surface area contributed by atoms with Gasteiger partial charge in [-0.25, -0.2) is 0 Å². The molecule has 0 radical (unpaired) electrons. The van der Waals surface area contributed by atoms with Crippen LogP contribution in [0, 0.1) is 11.8 Å². The number of para-hydroxylation sites is 1. The monoisotopic (exact) mass is 258 g/mol. The largest absolute Gasteiger partial charge is 0.384 e. The summed E-state index contributed by atoms with van der Waals surface area (Å²) >= 11 is 0. The smallest absolute Gasteiger partial charge is 0.0419 e. The summed E-state index contributed by atoms with van der Waals surface area (Å²) in [5, 5.41) is 7.20. The van der Waals surface area contributed by atoms with E-state index in [-0.39, 0.29) is 0 Å². The second-order valence-corrected chi connectivity index (χ2v) is 6.38. The molecule has 104 valence electrons. The van der Waals surface area contributed by atoms with E-state index in [2.05, 4.69) is 35.8 Å². The fourth-order valence-corrected chi connectivity index (χ4v) is 3.50. The van der Waals surface area contributed by atoms with Crippen molar-refractivity contribution in [1.29, 1.82) is 0 Å². The van der Waals surface area contributed by atoms with Gasteiger partial charge in [-0.05, 0) is 48.8 Å². The van der Waals surface area contributed by atoms with Crippen LogP contribution in [0.5, 0.6) is 0 Å². The molecular formula is C17H26N2. The van der Waals surface area contributed by atoms with Crippen LogP contribution in [-0.4, -0.2) is 13.1 Å². The fourth-order valence-electron chi connectivity index (χ4n) is 3.50. The molecular weight excluding hydrogens is 232 g/mol. The van der Waals surface area contributed by atoms with Gasteiger partial charge in [0.05, 0.1) is 0 Å². The topological polar surface area (TPSA) is 24.1 Å². The number of hydrogen-bond donors (Lipinski definition) is 2. The van der Waals surface area contributed by atoms with Crippen molar-refractivity contribution in [2.45, 2.75) is 45.6 Å². The van der Waals surface area contributed by atoms with E-state index in [1.54, 1.807) is 0 Å². The number of rotatable bonds is 4. The zero-order chi connectivity index (χ0) is 13.1. The first-order chi connectivity index (χ1) is 9.33. The van der Waals surface area contributed by atoms with Crippen molar-refractivity contribution in [3.63, 3.8) is 0 Å². The van der Waals surface area contributed by atoms with Crippen molar-refractivity contribution < 1.29 is 0 Å². The standard InChI is InChI=1S/C17H26N2/c1-13-5-7-14(8-6-13)11-18-12-16-4-2-3-15-9-10-19-17(15)16/h2-4,13-14,18-19H,5-12H2,1H3. The molecule has 2 heteroatoms. The predicted octanol–water partition coefficient (Wildman–Crippen LogP) is 3.57. The minimum atomic E-state index is 0.904. The summed E-state index contributed by atoms with van der Waals surface area (Å²) in [6.45, 7) is 5.70. The van der Waals surface area contributed by atoms with Gasteiger partial charge in [-0.3, -0.25) is 0 Å². The number of fused-ring (bicyclic) bond motifs is 1. The van der Waals surface area contributed by atoms with Gasteiger partial charge in [0.1, 0.15) is 0 Å². The SMILES string of the molecule is CC1CCC(CNCc2cccc3c2NCC3)CC1. The third-order valence-electron chi connectivity index (χ3n) is 4.82. The highest BCUT2D eigenvalue weighted by Crippen LogP contribution is 2.28. The van der Waals surface area contributed by atoms with Gasteiger partial charge in [0.2, 0.25) is 0 Å². The lowest BCUT2D eigenvalue weighted by molar-refractivity contribution is 0.281. The van der Waals surface area contributed by atoms with Gasteiger partial charge in [0, 0.05) is 18.8 Å². The summed E-state index contributed by atoms with van der Waals surface area (Å²) in [7, 11) is 0. The van der Waals surface area contributed by atoms with Crippen molar-refractivity contribution in [1.82, 2.24) is 5.32 Å². The van der Waals surface area contributed by atoms with Gasteiger partial charge >= 0.3 is 0 Å². The summed E-state index contributed by atoms with van der Waals surface area (Å²) < 4.78 is 0. The molecule has 1 aromatic rings. The molecule has 1 aliphatic heterocycles. The zero-order valence-electron chi connectivity index (χ0n) is 12.0. The Morgan fingerprint density at radius 3 is 2.89 bits per heavy atom. The molecule has 1 fully saturated rings. The lowest BCUT2D eigenvalue weighted by atomic mass is 9.83. The molecule has 0 atom stereocenters. The van der Waals surface area contributed by atoms with E-state index in [9.17, 15) is 0 Å². The highest BCUT2D eigenvalue weighted by Gasteiger charge is 2.18. The second kappa shape index (κ2) is 5.96. The van der Waals surface area contributed by atoms with Crippen LogP contribution in [0.3, 0.4) is 0 Å². The van der Waals surface area contributed by atoms with Gasteiger partial charge in [0.25, 0.3) is 0 Å². The molecule has 1 saturated carbocycles. The van der Waals surface area contributed by atoms with E-state index in [4.69, 9.17) is 0 Å². The van der Waals surface area contributed by atoms with Gasteiger partial charge in [-0.15, -0.1) is 0 Å². The molecule has 0 bridgehead atoms. The lowest BCUT2D eigenvalue weighted by Crippen LogP contribution is -2.26. The van der Waals surface area contributed by atoms with Crippen LogP contribution >= 0.6 is 0 Å². The van der Waals surface area contributed by atoms with Gasteiger partial charge in [-0.2, -0.15) is 0 Å². The minimum absolute atomic E-state index is 0.904. The molecule has 2 aliphatic rings. The molecule has 1 aromatic carbocycles. The maximum absolute atomic E-state index is 3.68. The molecule has 0 amide bonds. The summed E-state index contributed by atoms with van der Waals surface area (Å²) in [6, 6.07) is 6.71. The Bertz CT molecular complexity index is 419. The average Bonchev–Trinajstić information content (AvgIpc) is 2.90. The highest BCUT2D eigenvalue weighted by atomic mass is 14.9. The van der Waals surface area contributed by atoms with Gasteiger partial charge in [-0.1, -0.05) is 38.0 Å². The third kappa shape index (κ3) is 3.11. The van der Waals surface area contributed by atoms with E-state index in [0.29, 0.717) is 0 Å². The van der Waals surface area contributed by atoms with Crippen LogP contribution in [0.25, 0.3) is 0 Å². The lowest BCUT2D eigenvalue weighted by Gasteiger charge is -2.26. The van der Waals surface area contributed by atoms with Crippen LogP contribution in [0.2, 0.25) is 0 Å². The number of hydrogen-bond acceptors (Lipinski definition) is 2. The third-order valence-corrected chi connectivity index (χ3v) is 4.82. The Kier molecular flexibility index (Phi) is 4.07. The number of benzene rings is 1. The van der Waals surface area contributed by atoms with Crippen LogP contribution in [0.4, 0.5) is 5.69 Å². The van der Waals surface area contributed by atoms with E-state index >= 15 is 0 Å². The van der Waals surface area contributed by atoms with E-state index in [0.717, 1.165) is 24.9 Å². The first-order valence-corrected chi connectivity index (χ1v) is 7.88. The first kappa shape index (κ1) is 13.0. The second-order valence-electron chi connectivity index (χ2n) is 6.38. The van der Waals surface area contributed by atoms with Crippen molar-refractivity contribution in [2.75, 3.05) is 18.4 Å². The zero-order valence-corrected chi connectivity index (χ0v) is 12.0. The Balaban J connectivity index is 1.49. The Hall–Kier alpha value is -1.02. The Labute approximate surface area is 117 Å². The minimum Gasteiger partial charge on any atom is -0.384 e. The average molecular weight is 258 g/mol. The summed E-state index contributed by atoms with van der Waals surface area (Å²) in [6.07, 6.45) is 6.87. The molecule has 0 saturated heterocycles. The number of nitrogens with one attached hydrogen (secondary N) is 2. The summed E-state index contributed by atoms with van der Waals surface area (Å²) in [4.78, 5) is 0.